The third-order valence-corrected chi connectivity index (χ3v) is 4.79. The Balaban J connectivity index is 1.96. The van der Waals surface area contributed by atoms with Gasteiger partial charge in [-0.1, -0.05) is 78.1 Å². The highest BCUT2D eigenvalue weighted by molar-refractivity contribution is 4.66. The van der Waals surface area contributed by atoms with E-state index in [1.54, 1.807) is 0 Å². The van der Waals surface area contributed by atoms with E-state index in [4.69, 9.17) is 0 Å². The fourth-order valence-electron chi connectivity index (χ4n) is 3.21. The molecule has 1 rings (SSSR count). The molecule has 0 spiro atoms. The lowest BCUT2D eigenvalue weighted by Gasteiger charge is -2.00. The van der Waals surface area contributed by atoms with E-state index in [0.29, 0.717) is 0 Å². The van der Waals surface area contributed by atoms with E-state index in [2.05, 4.69) is 41.7 Å². The molecule has 0 N–H and O–H groups in total. The van der Waals surface area contributed by atoms with Crippen LogP contribution < -0.4 is 4.57 Å². The van der Waals surface area contributed by atoms with Gasteiger partial charge in [-0.05, 0) is 25.7 Å². The van der Waals surface area contributed by atoms with Crippen LogP contribution in [0.1, 0.15) is 104 Å². The van der Waals surface area contributed by atoms with Gasteiger partial charge >= 0.3 is 0 Å². The third-order valence-electron chi connectivity index (χ3n) is 4.79. The summed E-state index contributed by atoms with van der Waals surface area (Å²) in [6.07, 6.45) is 26.3. The minimum atomic E-state index is 1.19. The van der Waals surface area contributed by atoms with E-state index in [1.807, 2.05) is 0 Å². The summed E-state index contributed by atoms with van der Waals surface area (Å²) in [7, 11) is 0. The van der Waals surface area contributed by atoms with Gasteiger partial charge in [0.05, 0.1) is 13.1 Å². The number of unbranched alkanes of at least 4 members (excludes halogenated alkanes) is 12. The summed E-state index contributed by atoms with van der Waals surface area (Å²) in [5.41, 5.74) is 0. The summed E-state index contributed by atoms with van der Waals surface area (Å²) in [5, 5.41) is 0. The molecule has 134 valence electrons. The molecule has 0 aliphatic rings. The Hall–Kier alpha value is -0.790. The standard InChI is InChI=1S/C21H41N2/c1-3-5-7-9-11-12-14-16-18-23-20-19-22(21-23)17-15-13-10-8-6-4-2/h19-21H,3-18H2,1-2H3/q+1. The lowest BCUT2D eigenvalue weighted by molar-refractivity contribution is -0.696. The number of aromatic nitrogens is 2. The Bertz CT molecular complexity index is 356. The van der Waals surface area contributed by atoms with E-state index in [-0.39, 0.29) is 0 Å². The van der Waals surface area contributed by atoms with Crippen LogP contribution in [0.15, 0.2) is 18.7 Å². The first-order valence-electron chi connectivity index (χ1n) is 10.4. The van der Waals surface area contributed by atoms with Crippen molar-refractivity contribution in [3.63, 3.8) is 0 Å². The minimum absolute atomic E-state index is 1.19. The number of imidazole rings is 1. The van der Waals surface area contributed by atoms with Gasteiger partial charge in [-0.2, -0.15) is 0 Å². The highest BCUT2D eigenvalue weighted by atomic mass is 15.1. The predicted octanol–water partition coefficient (Wildman–Crippen LogP) is 6.28. The van der Waals surface area contributed by atoms with Crippen molar-refractivity contribution in [3.05, 3.63) is 18.7 Å². The molecule has 0 saturated carbocycles. The first-order valence-corrected chi connectivity index (χ1v) is 10.4. The van der Waals surface area contributed by atoms with Crippen molar-refractivity contribution in [3.8, 4) is 0 Å². The summed E-state index contributed by atoms with van der Waals surface area (Å²) in [4.78, 5) is 0. The Kier molecular flexibility index (Phi) is 13.0. The molecule has 1 heterocycles. The topological polar surface area (TPSA) is 8.81 Å². The van der Waals surface area contributed by atoms with Crippen molar-refractivity contribution in [1.82, 2.24) is 4.57 Å². The summed E-state index contributed by atoms with van der Waals surface area (Å²) in [6.45, 7) is 6.95. The summed E-state index contributed by atoms with van der Waals surface area (Å²) < 4.78 is 4.73. The SMILES string of the molecule is CCCCCCCCCC[n+]1ccn(CCCCCCCC)c1. The van der Waals surface area contributed by atoms with Gasteiger partial charge in [0.1, 0.15) is 12.4 Å². The highest BCUT2D eigenvalue weighted by Gasteiger charge is 2.03. The number of hydrogen-bond donors (Lipinski definition) is 0. The Morgan fingerprint density at radius 1 is 0.652 bits per heavy atom. The molecule has 0 atom stereocenters. The summed E-state index contributed by atoms with van der Waals surface area (Å²) in [6, 6.07) is 0. The maximum Gasteiger partial charge on any atom is 0.243 e. The fraction of sp³-hybridized carbons (Fsp3) is 0.857. The van der Waals surface area contributed by atoms with Gasteiger partial charge in [0.25, 0.3) is 0 Å². The van der Waals surface area contributed by atoms with Crippen molar-refractivity contribution in [2.75, 3.05) is 0 Å². The molecular weight excluding hydrogens is 280 g/mol. The molecule has 1 aromatic heterocycles. The zero-order valence-corrected chi connectivity index (χ0v) is 15.9. The minimum Gasteiger partial charge on any atom is -0.237 e. The number of rotatable bonds is 16. The second-order valence-corrected chi connectivity index (χ2v) is 7.13. The monoisotopic (exact) mass is 321 g/mol. The fourth-order valence-corrected chi connectivity index (χ4v) is 3.21. The molecule has 0 aromatic carbocycles. The Morgan fingerprint density at radius 2 is 1.17 bits per heavy atom. The Labute approximate surface area is 145 Å². The molecule has 2 heteroatoms. The first-order chi connectivity index (χ1) is 11.4. The zero-order chi connectivity index (χ0) is 16.6. The van der Waals surface area contributed by atoms with Crippen LogP contribution in [-0.2, 0) is 13.1 Å². The second-order valence-electron chi connectivity index (χ2n) is 7.13. The normalized spacial score (nSPS) is 11.2. The average molecular weight is 322 g/mol. The number of aryl methyl sites for hydroxylation is 2. The summed E-state index contributed by atoms with van der Waals surface area (Å²) >= 11 is 0. The highest BCUT2D eigenvalue weighted by Crippen LogP contribution is 2.08. The molecule has 23 heavy (non-hydrogen) atoms. The number of hydrogen-bond acceptors (Lipinski definition) is 0. The molecule has 0 amide bonds. The van der Waals surface area contributed by atoms with Gasteiger partial charge in [-0.15, -0.1) is 0 Å². The van der Waals surface area contributed by atoms with Crippen LogP contribution in [0.25, 0.3) is 0 Å². The second kappa shape index (κ2) is 14.8. The van der Waals surface area contributed by atoms with Crippen molar-refractivity contribution >= 4 is 0 Å². The van der Waals surface area contributed by atoms with E-state index >= 15 is 0 Å². The quantitative estimate of drug-likeness (QED) is 0.250. The smallest absolute Gasteiger partial charge is 0.237 e. The number of nitrogens with zero attached hydrogens (tertiary/aromatic N) is 2. The van der Waals surface area contributed by atoms with Gasteiger partial charge in [0.2, 0.25) is 6.33 Å². The van der Waals surface area contributed by atoms with E-state index < -0.39 is 0 Å². The first kappa shape index (κ1) is 20.3. The maximum atomic E-state index is 2.37. The van der Waals surface area contributed by atoms with Gasteiger partial charge in [0, 0.05) is 0 Å². The van der Waals surface area contributed by atoms with Crippen LogP contribution in [0.4, 0.5) is 0 Å². The van der Waals surface area contributed by atoms with Crippen LogP contribution in [0, 0.1) is 0 Å². The molecule has 2 nitrogen and oxygen atoms in total. The van der Waals surface area contributed by atoms with Crippen LogP contribution in [0.2, 0.25) is 0 Å². The maximum absolute atomic E-state index is 2.37. The molecular formula is C21H41N2+. The van der Waals surface area contributed by atoms with Crippen molar-refractivity contribution < 1.29 is 4.57 Å². The van der Waals surface area contributed by atoms with Crippen molar-refractivity contribution in [2.24, 2.45) is 0 Å². The van der Waals surface area contributed by atoms with Gasteiger partial charge in [-0.3, -0.25) is 0 Å². The van der Waals surface area contributed by atoms with Gasteiger partial charge < -0.3 is 0 Å². The van der Waals surface area contributed by atoms with Crippen LogP contribution in [-0.4, -0.2) is 4.57 Å². The van der Waals surface area contributed by atoms with E-state index in [9.17, 15) is 0 Å². The summed E-state index contributed by atoms with van der Waals surface area (Å²) in [5.74, 6) is 0. The predicted molar refractivity (Wildman–Crippen MR) is 101 cm³/mol. The van der Waals surface area contributed by atoms with Crippen molar-refractivity contribution in [2.45, 2.75) is 117 Å². The third kappa shape index (κ3) is 11.4. The van der Waals surface area contributed by atoms with Crippen LogP contribution in [0.5, 0.6) is 0 Å². The molecule has 0 radical (unpaired) electrons. The van der Waals surface area contributed by atoms with Gasteiger partial charge in [0.15, 0.2) is 0 Å². The van der Waals surface area contributed by atoms with Gasteiger partial charge in [-0.25, -0.2) is 9.13 Å². The largest absolute Gasteiger partial charge is 0.243 e. The van der Waals surface area contributed by atoms with Crippen molar-refractivity contribution in [1.29, 1.82) is 0 Å². The lowest BCUT2D eigenvalue weighted by atomic mass is 10.1. The Morgan fingerprint density at radius 3 is 1.78 bits per heavy atom. The zero-order valence-electron chi connectivity index (χ0n) is 15.9. The molecule has 0 aliphatic carbocycles. The van der Waals surface area contributed by atoms with E-state index in [0.717, 1.165) is 0 Å². The average Bonchev–Trinajstić information content (AvgIpc) is 3.01. The molecule has 0 bridgehead atoms. The molecule has 0 saturated heterocycles. The lowest BCUT2D eigenvalue weighted by Crippen LogP contribution is -2.30. The van der Waals surface area contributed by atoms with Crippen LogP contribution >= 0.6 is 0 Å². The molecule has 1 aromatic rings. The van der Waals surface area contributed by atoms with E-state index in [1.165, 1.54) is 103 Å². The molecule has 0 aliphatic heterocycles. The molecule has 0 unspecified atom stereocenters. The molecule has 0 fully saturated rings. The van der Waals surface area contributed by atoms with Crippen LogP contribution in [0.3, 0.4) is 0 Å².